The van der Waals surface area contributed by atoms with Gasteiger partial charge in [-0.05, 0) is 30.2 Å². The van der Waals surface area contributed by atoms with Crippen LogP contribution >= 0.6 is 0 Å². The molecule has 1 heterocycles. The van der Waals surface area contributed by atoms with Gasteiger partial charge in [0, 0.05) is 6.54 Å². The third-order valence-corrected chi connectivity index (χ3v) is 2.52. The summed E-state index contributed by atoms with van der Waals surface area (Å²) in [5.41, 5.74) is 2.12. The van der Waals surface area contributed by atoms with E-state index in [1.165, 1.54) is 6.08 Å². The van der Waals surface area contributed by atoms with E-state index in [1.54, 1.807) is 17.1 Å². The van der Waals surface area contributed by atoms with Crippen LogP contribution in [-0.2, 0) is 11.2 Å². The summed E-state index contributed by atoms with van der Waals surface area (Å²) in [5.74, 6) is -0.144. The fourth-order valence-electron chi connectivity index (χ4n) is 1.56. The lowest BCUT2D eigenvalue weighted by Crippen LogP contribution is -2.23. The number of carbonyl (C=O) groups is 1. The smallest absolute Gasteiger partial charge is 0.243 e. The Morgan fingerprint density at radius 2 is 2.17 bits per heavy atom. The topological polar surface area (TPSA) is 59.8 Å². The van der Waals surface area contributed by atoms with Gasteiger partial charge in [0.05, 0.1) is 18.1 Å². The van der Waals surface area contributed by atoms with Crippen LogP contribution < -0.4 is 5.32 Å². The fourth-order valence-corrected chi connectivity index (χ4v) is 1.56. The minimum atomic E-state index is -0.144. The average Bonchev–Trinajstić information content (AvgIpc) is 2.93. The van der Waals surface area contributed by atoms with Crippen LogP contribution in [0, 0.1) is 0 Å². The molecule has 92 valence electrons. The molecule has 0 fully saturated rings. The summed E-state index contributed by atoms with van der Waals surface area (Å²) in [4.78, 5) is 11.0. The summed E-state index contributed by atoms with van der Waals surface area (Å²) < 4.78 is 1.70. The van der Waals surface area contributed by atoms with Gasteiger partial charge in [-0.1, -0.05) is 23.9 Å². The Morgan fingerprint density at radius 3 is 2.78 bits per heavy atom. The summed E-state index contributed by atoms with van der Waals surface area (Å²) in [6, 6.07) is 7.97. The highest BCUT2D eigenvalue weighted by Crippen LogP contribution is 2.08. The van der Waals surface area contributed by atoms with Gasteiger partial charge >= 0.3 is 0 Å². The van der Waals surface area contributed by atoms with Crippen molar-refractivity contribution >= 4 is 5.91 Å². The van der Waals surface area contributed by atoms with E-state index in [1.807, 2.05) is 24.3 Å². The van der Waals surface area contributed by atoms with Gasteiger partial charge in [-0.25, -0.2) is 4.68 Å². The summed E-state index contributed by atoms with van der Waals surface area (Å²) in [6.07, 6.45) is 5.49. The molecule has 2 aromatic rings. The molecule has 5 heteroatoms. The summed E-state index contributed by atoms with van der Waals surface area (Å²) in [6.45, 7) is 4.00. The van der Waals surface area contributed by atoms with Gasteiger partial charge in [-0.15, -0.1) is 5.10 Å². The second-order valence-electron chi connectivity index (χ2n) is 3.76. The van der Waals surface area contributed by atoms with Gasteiger partial charge < -0.3 is 5.32 Å². The van der Waals surface area contributed by atoms with Crippen LogP contribution in [0.1, 0.15) is 5.56 Å². The van der Waals surface area contributed by atoms with E-state index in [-0.39, 0.29) is 5.91 Å². The van der Waals surface area contributed by atoms with E-state index < -0.39 is 0 Å². The first kappa shape index (κ1) is 12.0. The molecule has 2 rings (SSSR count). The number of hydrogen-bond donors (Lipinski definition) is 1. The second kappa shape index (κ2) is 5.77. The molecule has 0 aliphatic rings. The molecule has 0 spiro atoms. The molecule has 1 aromatic carbocycles. The van der Waals surface area contributed by atoms with Gasteiger partial charge in [0.15, 0.2) is 0 Å². The second-order valence-corrected chi connectivity index (χ2v) is 3.76. The SMILES string of the molecule is C=CC(=O)NCCc1ccc(-n2ccnn2)cc1. The molecule has 0 saturated carbocycles. The molecule has 1 amide bonds. The Hall–Kier alpha value is -2.43. The molecule has 18 heavy (non-hydrogen) atoms. The zero-order chi connectivity index (χ0) is 12.8. The van der Waals surface area contributed by atoms with E-state index >= 15 is 0 Å². The molecule has 0 aliphatic carbocycles. The standard InChI is InChI=1S/C13H14N4O/c1-2-13(18)14-8-7-11-3-5-12(6-4-11)17-10-9-15-16-17/h2-6,9-10H,1,7-8H2,(H,14,18). The third kappa shape index (κ3) is 3.04. The minimum absolute atomic E-state index is 0.144. The molecule has 1 N–H and O–H groups in total. The number of nitrogens with one attached hydrogen (secondary N) is 1. The van der Waals surface area contributed by atoms with Crippen molar-refractivity contribution in [3.63, 3.8) is 0 Å². The lowest BCUT2D eigenvalue weighted by Gasteiger charge is -2.04. The van der Waals surface area contributed by atoms with Crippen molar-refractivity contribution < 1.29 is 4.79 Å². The molecular formula is C13H14N4O. The zero-order valence-electron chi connectivity index (χ0n) is 9.91. The van der Waals surface area contributed by atoms with Crippen molar-refractivity contribution in [2.24, 2.45) is 0 Å². The van der Waals surface area contributed by atoms with E-state index in [9.17, 15) is 4.79 Å². The molecule has 0 radical (unpaired) electrons. The van der Waals surface area contributed by atoms with Crippen LogP contribution in [0.5, 0.6) is 0 Å². The number of carbonyl (C=O) groups excluding carboxylic acids is 1. The Balaban J connectivity index is 1.92. The average molecular weight is 242 g/mol. The van der Waals surface area contributed by atoms with Gasteiger partial charge in [-0.3, -0.25) is 4.79 Å². The largest absolute Gasteiger partial charge is 0.352 e. The van der Waals surface area contributed by atoms with Crippen LogP contribution in [-0.4, -0.2) is 27.4 Å². The van der Waals surface area contributed by atoms with Crippen molar-refractivity contribution in [1.29, 1.82) is 0 Å². The maximum Gasteiger partial charge on any atom is 0.243 e. The normalized spacial score (nSPS) is 10.0. The Bertz CT molecular complexity index is 516. The van der Waals surface area contributed by atoms with Gasteiger partial charge in [0.1, 0.15) is 0 Å². The monoisotopic (exact) mass is 242 g/mol. The molecule has 0 unspecified atom stereocenters. The quantitative estimate of drug-likeness (QED) is 0.799. The third-order valence-electron chi connectivity index (χ3n) is 2.52. The van der Waals surface area contributed by atoms with Crippen LogP contribution in [0.15, 0.2) is 49.3 Å². The first-order valence-electron chi connectivity index (χ1n) is 5.65. The highest BCUT2D eigenvalue weighted by Gasteiger charge is 1.98. The van der Waals surface area contributed by atoms with E-state index in [0.29, 0.717) is 6.54 Å². The molecule has 0 saturated heterocycles. The lowest BCUT2D eigenvalue weighted by atomic mass is 10.1. The minimum Gasteiger partial charge on any atom is -0.352 e. The zero-order valence-corrected chi connectivity index (χ0v) is 9.91. The highest BCUT2D eigenvalue weighted by molar-refractivity contribution is 5.86. The molecule has 0 atom stereocenters. The number of nitrogens with zero attached hydrogens (tertiary/aromatic N) is 3. The van der Waals surface area contributed by atoms with Gasteiger partial charge in [0.2, 0.25) is 5.91 Å². The van der Waals surface area contributed by atoms with Crippen molar-refractivity contribution in [2.75, 3.05) is 6.54 Å². The molecule has 1 aromatic heterocycles. The molecule has 0 bridgehead atoms. The molecular weight excluding hydrogens is 228 g/mol. The van der Waals surface area contributed by atoms with Crippen molar-refractivity contribution in [3.8, 4) is 5.69 Å². The first-order valence-corrected chi connectivity index (χ1v) is 5.65. The number of benzene rings is 1. The number of amides is 1. The number of rotatable bonds is 5. The van der Waals surface area contributed by atoms with Crippen molar-refractivity contribution in [2.45, 2.75) is 6.42 Å². The first-order chi connectivity index (χ1) is 8.79. The van der Waals surface area contributed by atoms with Crippen LogP contribution in [0.2, 0.25) is 0 Å². The Kier molecular flexibility index (Phi) is 3.86. The summed E-state index contributed by atoms with van der Waals surface area (Å²) in [7, 11) is 0. The Morgan fingerprint density at radius 1 is 1.39 bits per heavy atom. The van der Waals surface area contributed by atoms with Crippen molar-refractivity contribution in [1.82, 2.24) is 20.3 Å². The maximum atomic E-state index is 11.0. The van der Waals surface area contributed by atoms with E-state index in [4.69, 9.17) is 0 Å². The number of aromatic nitrogens is 3. The van der Waals surface area contributed by atoms with E-state index in [2.05, 4.69) is 22.2 Å². The van der Waals surface area contributed by atoms with Crippen LogP contribution in [0.4, 0.5) is 0 Å². The highest BCUT2D eigenvalue weighted by atomic mass is 16.1. The van der Waals surface area contributed by atoms with Crippen LogP contribution in [0.3, 0.4) is 0 Å². The molecule has 0 aliphatic heterocycles. The predicted octanol–water partition coefficient (Wildman–Crippen LogP) is 1.11. The van der Waals surface area contributed by atoms with Crippen molar-refractivity contribution in [3.05, 3.63) is 54.9 Å². The fraction of sp³-hybridized carbons (Fsp3) is 0.154. The van der Waals surface area contributed by atoms with Crippen LogP contribution in [0.25, 0.3) is 5.69 Å². The summed E-state index contributed by atoms with van der Waals surface area (Å²) in [5, 5.41) is 10.4. The number of hydrogen-bond acceptors (Lipinski definition) is 3. The Labute approximate surface area is 105 Å². The lowest BCUT2D eigenvalue weighted by molar-refractivity contribution is -0.116. The van der Waals surface area contributed by atoms with E-state index in [0.717, 1.165) is 17.7 Å². The predicted molar refractivity (Wildman–Crippen MR) is 68.3 cm³/mol. The summed E-state index contributed by atoms with van der Waals surface area (Å²) >= 11 is 0. The maximum absolute atomic E-state index is 11.0. The van der Waals surface area contributed by atoms with Gasteiger partial charge in [-0.2, -0.15) is 0 Å². The molecule has 5 nitrogen and oxygen atoms in total. The van der Waals surface area contributed by atoms with Gasteiger partial charge in [0.25, 0.3) is 0 Å².